The second kappa shape index (κ2) is 6.83. The van der Waals surface area contributed by atoms with Gasteiger partial charge in [-0.1, -0.05) is 35.9 Å². The van der Waals surface area contributed by atoms with E-state index in [1.54, 1.807) is 12.4 Å². The van der Waals surface area contributed by atoms with Crippen LogP contribution in [0.2, 0.25) is 0 Å². The molecule has 0 radical (unpaired) electrons. The van der Waals surface area contributed by atoms with E-state index < -0.39 is 5.91 Å². The van der Waals surface area contributed by atoms with Crippen molar-refractivity contribution in [3.63, 3.8) is 0 Å². The lowest BCUT2D eigenvalue weighted by Gasteiger charge is -2.01. The number of nitrogens with one attached hydrogen (secondary N) is 1. The van der Waals surface area contributed by atoms with Gasteiger partial charge in [0.25, 0.3) is 0 Å². The van der Waals surface area contributed by atoms with Crippen molar-refractivity contribution < 1.29 is 9.21 Å². The molecule has 6 heteroatoms. The van der Waals surface area contributed by atoms with E-state index in [1.807, 2.05) is 43.3 Å². The number of nitrogens with zero attached hydrogens (tertiary/aromatic N) is 3. The summed E-state index contributed by atoms with van der Waals surface area (Å²) in [4.78, 5) is 16.0. The molecule has 0 aliphatic carbocycles. The Morgan fingerprint density at radius 3 is 2.70 bits per heavy atom. The van der Waals surface area contributed by atoms with Crippen molar-refractivity contribution in [3.8, 4) is 0 Å². The lowest BCUT2D eigenvalue weighted by molar-refractivity contribution is 0.0914. The summed E-state index contributed by atoms with van der Waals surface area (Å²) in [7, 11) is 0. The highest BCUT2D eigenvalue weighted by atomic mass is 16.4. The first kappa shape index (κ1) is 14.9. The number of rotatable bonds is 5. The summed E-state index contributed by atoms with van der Waals surface area (Å²) >= 11 is 0. The van der Waals surface area contributed by atoms with Gasteiger partial charge in [-0.3, -0.25) is 9.78 Å². The summed E-state index contributed by atoms with van der Waals surface area (Å²) in [6, 6.07) is 11.7. The Morgan fingerprint density at radius 2 is 1.96 bits per heavy atom. The number of carbonyl (C=O) groups excluding carboxylic acids is 1. The number of hydrogen-bond donors (Lipinski definition) is 1. The Bertz CT molecular complexity index is 782. The van der Waals surface area contributed by atoms with Gasteiger partial charge < -0.3 is 9.73 Å². The first-order chi connectivity index (χ1) is 11.2. The number of amides is 1. The predicted molar refractivity (Wildman–Crippen MR) is 83.7 cm³/mol. The van der Waals surface area contributed by atoms with Crippen LogP contribution in [0.3, 0.4) is 0 Å². The van der Waals surface area contributed by atoms with E-state index in [1.165, 1.54) is 5.56 Å². The normalized spacial score (nSPS) is 10.5. The maximum Gasteiger partial charge on any atom is 0.309 e. The standard InChI is InChI=1S/C17H16N4O2/c1-12-4-6-13(7-5-12)9-15-20-21-17(23-15)16(22)19-11-14-3-2-8-18-10-14/h2-8,10H,9,11H2,1H3,(H,19,22). The minimum atomic E-state index is -0.392. The zero-order chi connectivity index (χ0) is 16.1. The van der Waals surface area contributed by atoms with Gasteiger partial charge in [-0.2, -0.15) is 0 Å². The molecular formula is C17H16N4O2. The lowest BCUT2D eigenvalue weighted by Crippen LogP contribution is -2.23. The molecule has 0 atom stereocenters. The molecule has 6 nitrogen and oxygen atoms in total. The average Bonchev–Trinajstić information content (AvgIpc) is 3.04. The van der Waals surface area contributed by atoms with Gasteiger partial charge in [0.15, 0.2) is 0 Å². The largest absolute Gasteiger partial charge is 0.417 e. The fourth-order valence-corrected chi connectivity index (χ4v) is 2.06. The molecule has 23 heavy (non-hydrogen) atoms. The first-order valence-corrected chi connectivity index (χ1v) is 7.26. The summed E-state index contributed by atoms with van der Waals surface area (Å²) in [5, 5.41) is 10.4. The molecule has 0 saturated carbocycles. The molecule has 0 saturated heterocycles. The van der Waals surface area contributed by atoms with Gasteiger partial charge in [-0.05, 0) is 24.1 Å². The summed E-state index contributed by atoms with van der Waals surface area (Å²) in [5.74, 6) is -0.00658. The summed E-state index contributed by atoms with van der Waals surface area (Å²) < 4.78 is 5.42. The smallest absolute Gasteiger partial charge is 0.309 e. The van der Waals surface area contributed by atoms with E-state index in [0.717, 1.165) is 11.1 Å². The van der Waals surface area contributed by atoms with E-state index in [0.29, 0.717) is 18.9 Å². The summed E-state index contributed by atoms with van der Waals surface area (Å²) in [6.07, 6.45) is 3.88. The highest BCUT2D eigenvalue weighted by Crippen LogP contribution is 2.10. The van der Waals surface area contributed by atoms with Crippen LogP contribution >= 0.6 is 0 Å². The van der Waals surface area contributed by atoms with Gasteiger partial charge in [-0.25, -0.2) is 0 Å². The van der Waals surface area contributed by atoms with Crippen LogP contribution in [0.4, 0.5) is 0 Å². The van der Waals surface area contributed by atoms with Crippen molar-refractivity contribution in [1.82, 2.24) is 20.5 Å². The molecular weight excluding hydrogens is 292 g/mol. The van der Waals surface area contributed by atoms with Crippen LogP contribution in [-0.4, -0.2) is 21.1 Å². The minimum Gasteiger partial charge on any atom is -0.417 e. The SMILES string of the molecule is Cc1ccc(Cc2nnc(C(=O)NCc3cccnc3)o2)cc1. The van der Waals surface area contributed by atoms with E-state index in [-0.39, 0.29) is 5.89 Å². The van der Waals surface area contributed by atoms with E-state index in [9.17, 15) is 4.79 Å². The molecule has 2 aromatic heterocycles. The molecule has 0 bridgehead atoms. The molecule has 0 spiro atoms. The van der Waals surface area contributed by atoms with Crippen molar-refractivity contribution >= 4 is 5.91 Å². The highest BCUT2D eigenvalue weighted by Gasteiger charge is 2.14. The number of hydrogen-bond acceptors (Lipinski definition) is 5. The Balaban J connectivity index is 1.59. The van der Waals surface area contributed by atoms with E-state index in [2.05, 4.69) is 20.5 Å². The van der Waals surface area contributed by atoms with Crippen LogP contribution in [0.1, 0.15) is 33.3 Å². The zero-order valence-electron chi connectivity index (χ0n) is 12.7. The third kappa shape index (κ3) is 4.00. The van der Waals surface area contributed by atoms with E-state index >= 15 is 0 Å². The molecule has 3 rings (SSSR count). The van der Waals surface area contributed by atoms with Crippen LogP contribution in [0, 0.1) is 6.92 Å². The number of carbonyl (C=O) groups is 1. The Morgan fingerprint density at radius 1 is 1.13 bits per heavy atom. The van der Waals surface area contributed by atoms with Crippen molar-refractivity contribution in [1.29, 1.82) is 0 Å². The third-order valence-electron chi connectivity index (χ3n) is 3.31. The number of aromatic nitrogens is 3. The lowest BCUT2D eigenvalue weighted by atomic mass is 10.1. The Hall–Kier alpha value is -3.02. The Labute approximate surface area is 133 Å². The fourth-order valence-electron chi connectivity index (χ4n) is 2.06. The van der Waals surface area contributed by atoms with Crippen LogP contribution < -0.4 is 5.32 Å². The van der Waals surface area contributed by atoms with E-state index in [4.69, 9.17) is 4.42 Å². The predicted octanol–water partition coefficient (Wildman–Crippen LogP) is 2.29. The summed E-state index contributed by atoms with van der Waals surface area (Å²) in [5.41, 5.74) is 3.15. The minimum absolute atomic E-state index is 0.0315. The van der Waals surface area contributed by atoms with Gasteiger partial charge in [0, 0.05) is 18.9 Å². The maximum atomic E-state index is 12.0. The van der Waals surface area contributed by atoms with Gasteiger partial charge in [0.2, 0.25) is 5.89 Å². The van der Waals surface area contributed by atoms with Crippen LogP contribution in [0.15, 0.2) is 53.2 Å². The molecule has 0 aliphatic heterocycles. The van der Waals surface area contributed by atoms with Gasteiger partial charge in [0.05, 0.1) is 6.42 Å². The van der Waals surface area contributed by atoms with Crippen LogP contribution in [0.5, 0.6) is 0 Å². The molecule has 116 valence electrons. The van der Waals surface area contributed by atoms with Crippen LogP contribution in [-0.2, 0) is 13.0 Å². The summed E-state index contributed by atoms with van der Waals surface area (Å²) in [6.45, 7) is 2.39. The zero-order valence-corrected chi connectivity index (χ0v) is 12.7. The topological polar surface area (TPSA) is 80.9 Å². The maximum absolute atomic E-state index is 12.0. The van der Waals surface area contributed by atoms with Crippen molar-refractivity contribution in [2.45, 2.75) is 19.9 Å². The second-order valence-electron chi connectivity index (χ2n) is 5.21. The molecule has 0 unspecified atom stereocenters. The van der Waals surface area contributed by atoms with Gasteiger partial charge >= 0.3 is 11.8 Å². The molecule has 1 aromatic carbocycles. The third-order valence-corrected chi connectivity index (χ3v) is 3.31. The molecule has 1 N–H and O–H groups in total. The average molecular weight is 308 g/mol. The van der Waals surface area contributed by atoms with Crippen molar-refractivity contribution in [2.24, 2.45) is 0 Å². The van der Waals surface area contributed by atoms with Gasteiger partial charge in [-0.15, -0.1) is 10.2 Å². The number of aryl methyl sites for hydroxylation is 1. The highest BCUT2D eigenvalue weighted by molar-refractivity contribution is 5.89. The first-order valence-electron chi connectivity index (χ1n) is 7.26. The Kier molecular flexibility index (Phi) is 4.42. The molecule has 3 aromatic rings. The van der Waals surface area contributed by atoms with Gasteiger partial charge in [0.1, 0.15) is 0 Å². The molecule has 0 aliphatic rings. The van der Waals surface area contributed by atoms with Crippen molar-refractivity contribution in [2.75, 3.05) is 0 Å². The fraction of sp³-hybridized carbons (Fsp3) is 0.176. The van der Waals surface area contributed by atoms with Crippen LogP contribution in [0.25, 0.3) is 0 Å². The monoisotopic (exact) mass is 308 g/mol. The molecule has 2 heterocycles. The number of benzene rings is 1. The van der Waals surface area contributed by atoms with Crippen molar-refractivity contribution in [3.05, 3.63) is 77.3 Å². The second-order valence-corrected chi connectivity index (χ2v) is 5.21. The molecule has 1 amide bonds. The number of pyridine rings is 1. The molecule has 0 fully saturated rings. The quantitative estimate of drug-likeness (QED) is 0.782.